The van der Waals surface area contributed by atoms with Crippen molar-refractivity contribution in [3.05, 3.63) is 57.7 Å². The van der Waals surface area contributed by atoms with Gasteiger partial charge in [-0.15, -0.1) is 0 Å². The standard InChI is InChI=1S/C16H15BrClN3O3/c1-9(10-5-3-2-4-6-10)13(15(22)23)20-16(24)21-14-12(18)7-11(17)8-19-14/h2-9,13H,1H3,(H,22,23)(H2,19,20,21,24). The van der Waals surface area contributed by atoms with Crippen LogP contribution < -0.4 is 10.6 Å². The minimum atomic E-state index is -1.13. The second-order valence-corrected chi connectivity index (χ2v) is 6.42. The Labute approximate surface area is 152 Å². The summed E-state index contributed by atoms with van der Waals surface area (Å²) in [5, 5.41) is 14.6. The average molecular weight is 413 g/mol. The van der Waals surface area contributed by atoms with Gasteiger partial charge in [0.15, 0.2) is 5.82 Å². The third kappa shape index (κ3) is 4.69. The van der Waals surface area contributed by atoms with E-state index in [9.17, 15) is 14.7 Å². The van der Waals surface area contributed by atoms with Crippen molar-refractivity contribution in [3.8, 4) is 0 Å². The number of carbonyl (C=O) groups is 2. The first kappa shape index (κ1) is 18.2. The zero-order chi connectivity index (χ0) is 17.7. The Kier molecular flexibility index (Phi) is 6.16. The molecule has 0 aliphatic carbocycles. The summed E-state index contributed by atoms with van der Waals surface area (Å²) >= 11 is 9.19. The lowest BCUT2D eigenvalue weighted by Gasteiger charge is -2.22. The van der Waals surface area contributed by atoms with Crippen molar-refractivity contribution in [3.63, 3.8) is 0 Å². The topological polar surface area (TPSA) is 91.3 Å². The van der Waals surface area contributed by atoms with Crippen LogP contribution in [0, 0.1) is 0 Å². The van der Waals surface area contributed by atoms with Crippen molar-refractivity contribution >= 4 is 45.3 Å². The van der Waals surface area contributed by atoms with Crippen LogP contribution in [0.15, 0.2) is 47.1 Å². The molecule has 0 aliphatic heterocycles. The van der Waals surface area contributed by atoms with Gasteiger partial charge in [0, 0.05) is 16.6 Å². The highest BCUT2D eigenvalue weighted by Crippen LogP contribution is 2.23. The van der Waals surface area contributed by atoms with Crippen molar-refractivity contribution in [2.45, 2.75) is 18.9 Å². The molecule has 2 rings (SSSR count). The molecule has 0 radical (unpaired) electrons. The van der Waals surface area contributed by atoms with E-state index >= 15 is 0 Å². The number of carbonyl (C=O) groups excluding carboxylic acids is 1. The molecule has 1 heterocycles. The van der Waals surface area contributed by atoms with Crippen LogP contribution in [0.3, 0.4) is 0 Å². The van der Waals surface area contributed by atoms with E-state index in [4.69, 9.17) is 11.6 Å². The van der Waals surface area contributed by atoms with Crippen molar-refractivity contribution in [1.82, 2.24) is 10.3 Å². The molecular weight excluding hydrogens is 398 g/mol. The summed E-state index contributed by atoms with van der Waals surface area (Å²) in [5.41, 5.74) is 0.810. The molecular formula is C16H15BrClN3O3. The molecule has 2 atom stereocenters. The van der Waals surface area contributed by atoms with E-state index in [0.717, 1.165) is 5.56 Å². The van der Waals surface area contributed by atoms with E-state index < -0.39 is 24.0 Å². The normalized spacial score (nSPS) is 13.0. The second kappa shape index (κ2) is 8.12. The molecule has 6 nitrogen and oxygen atoms in total. The Morgan fingerprint density at radius 1 is 1.29 bits per heavy atom. The summed E-state index contributed by atoms with van der Waals surface area (Å²) < 4.78 is 0.666. The second-order valence-electron chi connectivity index (χ2n) is 5.10. The number of nitrogens with one attached hydrogen (secondary N) is 2. The molecule has 0 spiro atoms. The highest BCUT2D eigenvalue weighted by Gasteiger charge is 2.27. The van der Waals surface area contributed by atoms with E-state index in [1.807, 2.05) is 30.3 Å². The summed E-state index contributed by atoms with van der Waals surface area (Å²) in [7, 11) is 0. The molecule has 0 saturated heterocycles. The number of anilines is 1. The number of carboxylic acid groups (broad SMARTS) is 1. The fourth-order valence-corrected chi connectivity index (χ4v) is 2.82. The first-order chi connectivity index (χ1) is 11.4. The van der Waals surface area contributed by atoms with Crippen molar-refractivity contribution in [1.29, 1.82) is 0 Å². The van der Waals surface area contributed by atoms with Crippen LogP contribution in [0.5, 0.6) is 0 Å². The number of aliphatic carboxylic acids is 1. The number of halogens is 2. The highest BCUT2D eigenvalue weighted by molar-refractivity contribution is 9.10. The summed E-state index contributed by atoms with van der Waals surface area (Å²) in [6.45, 7) is 1.74. The van der Waals surface area contributed by atoms with Gasteiger partial charge in [0.05, 0.1) is 5.02 Å². The summed E-state index contributed by atoms with van der Waals surface area (Å²) in [5.74, 6) is -1.40. The van der Waals surface area contributed by atoms with Gasteiger partial charge in [-0.05, 0) is 27.6 Å². The molecule has 126 valence electrons. The molecule has 3 N–H and O–H groups in total. The number of hydrogen-bond donors (Lipinski definition) is 3. The van der Waals surface area contributed by atoms with Crippen LogP contribution in [0.25, 0.3) is 0 Å². The molecule has 1 aromatic heterocycles. The Bertz CT molecular complexity index is 743. The van der Waals surface area contributed by atoms with E-state index in [1.54, 1.807) is 13.0 Å². The SMILES string of the molecule is CC(c1ccccc1)C(NC(=O)Nc1ncc(Br)cc1Cl)C(=O)O. The maximum Gasteiger partial charge on any atom is 0.326 e. The predicted octanol–water partition coefficient (Wildman–Crippen LogP) is 3.88. The lowest BCUT2D eigenvalue weighted by atomic mass is 9.93. The van der Waals surface area contributed by atoms with Crippen molar-refractivity contribution in [2.75, 3.05) is 5.32 Å². The third-order valence-electron chi connectivity index (χ3n) is 3.42. The number of benzene rings is 1. The summed E-state index contributed by atoms with van der Waals surface area (Å²) in [6.07, 6.45) is 1.47. The molecule has 2 unspecified atom stereocenters. The van der Waals surface area contributed by atoms with E-state index in [0.29, 0.717) is 4.47 Å². The number of hydrogen-bond acceptors (Lipinski definition) is 3. The average Bonchev–Trinajstić information content (AvgIpc) is 2.55. The van der Waals surface area contributed by atoms with Crippen LogP contribution in [0.4, 0.5) is 10.6 Å². The molecule has 1 aromatic carbocycles. The van der Waals surface area contributed by atoms with Gasteiger partial charge >= 0.3 is 12.0 Å². The van der Waals surface area contributed by atoms with Crippen LogP contribution in [-0.4, -0.2) is 28.1 Å². The molecule has 0 saturated carbocycles. The Balaban J connectivity index is 2.10. The third-order valence-corrected chi connectivity index (χ3v) is 4.14. The van der Waals surface area contributed by atoms with Gasteiger partial charge in [0.2, 0.25) is 0 Å². The van der Waals surface area contributed by atoms with Gasteiger partial charge in [-0.1, -0.05) is 48.9 Å². The fourth-order valence-electron chi connectivity index (χ4n) is 2.14. The Morgan fingerprint density at radius 3 is 2.54 bits per heavy atom. The highest BCUT2D eigenvalue weighted by atomic mass is 79.9. The van der Waals surface area contributed by atoms with Crippen LogP contribution in [0.2, 0.25) is 5.02 Å². The lowest BCUT2D eigenvalue weighted by molar-refractivity contribution is -0.139. The smallest absolute Gasteiger partial charge is 0.326 e. The van der Waals surface area contributed by atoms with Crippen molar-refractivity contribution in [2.24, 2.45) is 0 Å². The monoisotopic (exact) mass is 411 g/mol. The molecule has 24 heavy (non-hydrogen) atoms. The number of aromatic nitrogens is 1. The molecule has 0 aliphatic rings. The van der Waals surface area contributed by atoms with Gasteiger partial charge in [0.25, 0.3) is 0 Å². The molecule has 0 bridgehead atoms. The van der Waals surface area contributed by atoms with Crippen LogP contribution in [0.1, 0.15) is 18.4 Å². The Hall–Kier alpha value is -2.12. The lowest BCUT2D eigenvalue weighted by Crippen LogP contribution is -2.46. The molecule has 2 amide bonds. The minimum absolute atomic E-state index is 0.147. The minimum Gasteiger partial charge on any atom is -0.480 e. The quantitative estimate of drug-likeness (QED) is 0.695. The zero-order valence-corrected chi connectivity index (χ0v) is 15.0. The number of carboxylic acids is 1. The summed E-state index contributed by atoms with van der Waals surface area (Å²) in [6, 6.07) is 8.88. The van der Waals surface area contributed by atoms with Gasteiger partial charge in [0.1, 0.15) is 6.04 Å². The van der Waals surface area contributed by atoms with Gasteiger partial charge in [-0.25, -0.2) is 14.6 Å². The fraction of sp³-hybridized carbons (Fsp3) is 0.188. The van der Waals surface area contributed by atoms with Gasteiger partial charge in [-0.3, -0.25) is 5.32 Å². The first-order valence-corrected chi connectivity index (χ1v) is 8.22. The van der Waals surface area contributed by atoms with Crippen molar-refractivity contribution < 1.29 is 14.7 Å². The first-order valence-electron chi connectivity index (χ1n) is 7.05. The Morgan fingerprint density at radius 2 is 1.96 bits per heavy atom. The number of amides is 2. The van der Waals surface area contributed by atoms with Gasteiger partial charge < -0.3 is 10.4 Å². The predicted molar refractivity (Wildman–Crippen MR) is 95.4 cm³/mol. The molecule has 8 heteroatoms. The molecule has 0 fully saturated rings. The number of pyridine rings is 1. The number of rotatable bonds is 5. The van der Waals surface area contributed by atoms with Gasteiger partial charge in [-0.2, -0.15) is 0 Å². The number of urea groups is 1. The van der Waals surface area contributed by atoms with E-state index in [-0.39, 0.29) is 10.8 Å². The maximum atomic E-state index is 12.1. The largest absolute Gasteiger partial charge is 0.480 e. The molecule has 2 aromatic rings. The maximum absolute atomic E-state index is 12.1. The number of nitrogens with zero attached hydrogens (tertiary/aromatic N) is 1. The van der Waals surface area contributed by atoms with E-state index in [1.165, 1.54) is 6.20 Å². The van der Waals surface area contributed by atoms with Crippen LogP contribution in [-0.2, 0) is 4.79 Å². The van der Waals surface area contributed by atoms with Crippen LogP contribution >= 0.6 is 27.5 Å². The summed E-state index contributed by atoms with van der Waals surface area (Å²) in [4.78, 5) is 27.6. The van der Waals surface area contributed by atoms with E-state index in [2.05, 4.69) is 31.5 Å². The zero-order valence-electron chi connectivity index (χ0n) is 12.7.